The topological polar surface area (TPSA) is 12.0 Å². The van der Waals surface area contributed by atoms with Crippen LogP contribution in [-0.4, -0.2) is 17.8 Å². The quantitative estimate of drug-likeness (QED) is 0.838. The van der Waals surface area contributed by atoms with Crippen molar-refractivity contribution in [3.05, 3.63) is 29.8 Å². The maximum absolute atomic E-state index is 3.59. The Morgan fingerprint density at radius 1 is 1.40 bits per heavy atom. The molecule has 2 atom stereocenters. The zero-order valence-corrected chi connectivity index (χ0v) is 10.3. The third kappa shape index (κ3) is 2.37. The Labute approximate surface area is 96.7 Å². The summed E-state index contributed by atoms with van der Waals surface area (Å²) in [4.78, 5) is 1.49. The van der Waals surface area contributed by atoms with E-state index in [1.54, 1.807) is 0 Å². The van der Waals surface area contributed by atoms with Crippen LogP contribution < -0.4 is 5.32 Å². The number of hydrogen-bond donors (Lipinski definition) is 1. The number of hydrogen-bond acceptors (Lipinski definition) is 2. The van der Waals surface area contributed by atoms with Gasteiger partial charge in [-0.3, -0.25) is 0 Å². The van der Waals surface area contributed by atoms with E-state index in [0.29, 0.717) is 6.04 Å². The summed E-state index contributed by atoms with van der Waals surface area (Å²) in [5.74, 6) is 0. The predicted octanol–water partition coefficient (Wildman–Crippen LogP) is 3.09. The lowest BCUT2D eigenvalue weighted by atomic mass is 10.0. The summed E-state index contributed by atoms with van der Waals surface area (Å²) in [7, 11) is 0. The monoisotopic (exact) mass is 221 g/mol. The van der Waals surface area contributed by atoms with Gasteiger partial charge in [-0.25, -0.2) is 0 Å². The van der Waals surface area contributed by atoms with Crippen molar-refractivity contribution in [3.8, 4) is 0 Å². The molecule has 1 aliphatic rings. The molecule has 0 amide bonds. The van der Waals surface area contributed by atoms with Crippen LogP contribution in [0.5, 0.6) is 0 Å². The first kappa shape index (κ1) is 11.0. The van der Waals surface area contributed by atoms with Gasteiger partial charge in [0.05, 0.1) is 0 Å². The SMILES string of the molecule is CCNC(CC)C1Cc2ccccc2S1. The number of benzene rings is 1. The van der Waals surface area contributed by atoms with Crippen LogP contribution in [-0.2, 0) is 6.42 Å². The van der Waals surface area contributed by atoms with E-state index in [1.165, 1.54) is 23.3 Å². The number of thioether (sulfide) groups is 1. The zero-order valence-electron chi connectivity index (χ0n) is 9.49. The Balaban J connectivity index is 2.05. The van der Waals surface area contributed by atoms with Crippen molar-refractivity contribution in [3.63, 3.8) is 0 Å². The molecule has 2 heteroatoms. The summed E-state index contributed by atoms with van der Waals surface area (Å²) in [5, 5.41) is 4.32. The van der Waals surface area contributed by atoms with Crippen LogP contribution >= 0.6 is 11.8 Å². The van der Waals surface area contributed by atoms with Gasteiger partial charge >= 0.3 is 0 Å². The third-order valence-electron chi connectivity index (χ3n) is 3.03. The van der Waals surface area contributed by atoms with E-state index in [1.807, 2.05) is 11.8 Å². The van der Waals surface area contributed by atoms with E-state index in [9.17, 15) is 0 Å². The summed E-state index contributed by atoms with van der Waals surface area (Å²) >= 11 is 2.05. The molecule has 0 saturated carbocycles. The average molecular weight is 221 g/mol. The van der Waals surface area contributed by atoms with Gasteiger partial charge in [0.25, 0.3) is 0 Å². The number of rotatable bonds is 4. The van der Waals surface area contributed by atoms with Crippen molar-refractivity contribution in [2.45, 2.75) is 42.9 Å². The highest BCUT2D eigenvalue weighted by Crippen LogP contribution is 2.38. The molecule has 0 bridgehead atoms. The maximum Gasteiger partial charge on any atom is 0.0289 e. The molecule has 0 aliphatic carbocycles. The van der Waals surface area contributed by atoms with Gasteiger partial charge in [-0.05, 0) is 31.0 Å². The van der Waals surface area contributed by atoms with Crippen LogP contribution in [0.3, 0.4) is 0 Å². The van der Waals surface area contributed by atoms with Gasteiger partial charge in [0, 0.05) is 16.2 Å². The Morgan fingerprint density at radius 3 is 2.87 bits per heavy atom. The van der Waals surface area contributed by atoms with Gasteiger partial charge in [-0.2, -0.15) is 0 Å². The minimum absolute atomic E-state index is 0.660. The summed E-state index contributed by atoms with van der Waals surface area (Å²) in [5.41, 5.74) is 1.53. The first-order valence-corrected chi connectivity index (χ1v) is 6.71. The lowest BCUT2D eigenvalue weighted by molar-refractivity contribution is 0.495. The van der Waals surface area contributed by atoms with Gasteiger partial charge in [-0.15, -0.1) is 11.8 Å². The molecule has 0 aromatic heterocycles. The van der Waals surface area contributed by atoms with Crippen LogP contribution in [0.15, 0.2) is 29.2 Å². The fourth-order valence-corrected chi connectivity index (χ4v) is 3.74. The minimum atomic E-state index is 0.660. The molecule has 1 aromatic carbocycles. The van der Waals surface area contributed by atoms with Crippen LogP contribution in [0.2, 0.25) is 0 Å². The van der Waals surface area contributed by atoms with Crippen LogP contribution in [0.1, 0.15) is 25.8 Å². The van der Waals surface area contributed by atoms with Crippen LogP contribution in [0.25, 0.3) is 0 Å². The van der Waals surface area contributed by atoms with Gasteiger partial charge in [-0.1, -0.05) is 32.0 Å². The molecule has 2 rings (SSSR count). The van der Waals surface area contributed by atoms with E-state index in [2.05, 4.69) is 43.4 Å². The van der Waals surface area contributed by atoms with Crippen molar-refractivity contribution >= 4 is 11.8 Å². The second-order valence-corrected chi connectivity index (χ2v) is 5.32. The fourth-order valence-electron chi connectivity index (χ4n) is 2.23. The summed E-state index contributed by atoms with van der Waals surface area (Å²) < 4.78 is 0. The highest BCUT2D eigenvalue weighted by Gasteiger charge is 2.27. The Kier molecular flexibility index (Phi) is 3.71. The van der Waals surface area contributed by atoms with Gasteiger partial charge in [0.1, 0.15) is 0 Å². The van der Waals surface area contributed by atoms with Crippen molar-refractivity contribution in [1.29, 1.82) is 0 Å². The molecule has 1 N–H and O–H groups in total. The van der Waals surface area contributed by atoms with Crippen molar-refractivity contribution in [2.24, 2.45) is 0 Å². The molecule has 0 saturated heterocycles. The van der Waals surface area contributed by atoms with E-state index >= 15 is 0 Å². The molecule has 0 fully saturated rings. The van der Waals surface area contributed by atoms with Crippen molar-refractivity contribution < 1.29 is 0 Å². The standard InChI is InChI=1S/C13H19NS/c1-3-11(14-4-2)13-9-10-7-5-6-8-12(10)15-13/h5-8,11,13-14H,3-4,9H2,1-2H3. The minimum Gasteiger partial charge on any atom is -0.313 e. The van der Waals surface area contributed by atoms with E-state index in [0.717, 1.165) is 11.8 Å². The first-order chi connectivity index (χ1) is 7.35. The molecular weight excluding hydrogens is 202 g/mol. The fraction of sp³-hybridized carbons (Fsp3) is 0.538. The summed E-state index contributed by atoms with van der Waals surface area (Å²) in [6.07, 6.45) is 2.45. The highest BCUT2D eigenvalue weighted by molar-refractivity contribution is 8.00. The van der Waals surface area contributed by atoms with Crippen LogP contribution in [0.4, 0.5) is 0 Å². The molecule has 1 aliphatic heterocycles. The second kappa shape index (κ2) is 5.04. The molecule has 2 unspecified atom stereocenters. The number of fused-ring (bicyclic) bond motifs is 1. The first-order valence-electron chi connectivity index (χ1n) is 5.83. The van der Waals surface area contributed by atoms with Gasteiger partial charge in [0.2, 0.25) is 0 Å². The molecule has 1 aromatic rings. The largest absolute Gasteiger partial charge is 0.313 e. The predicted molar refractivity (Wildman–Crippen MR) is 67.5 cm³/mol. The van der Waals surface area contributed by atoms with E-state index in [4.69, 9.17) is 0 Å². The Morgan fingerprint density at radius 2 is 2.20 bits per heavy atom. The highest BCUT2D eigenvalue weighted by atomic mass is 32.2. The zero-order chi connectivity index (χ0) is 10.7. The Hall–Kier alpha value is -0.470. The van der Waals surface area contributed by atoms with Gasteiger partial charge in [0.15, 0.2) is 0 Å². The van der Waals surface area contributed by atoms with Crippen molar-refractivity contribution in [1.82, 2.24) is 5.32 Å². The van der Waals surface area contributed by atoms with E-state index in [-0.39, 0.29) is 0 Å². The molecule has 82 valence electrons. The molecule has 1 nitrogen and oxygen atoms in total. The van der Waals surface area contributed by atoms with Gasteiger partial charge < -0.3 is 5.32 Å². The summed E-state index contributed by atoms with van der Waals surface area (Å²) in [6.45, 7) is 5.54. The average Bonchev–Trinajstić information content (AvgIpc) is 2.69. The normalized spacial score (nSPS) is 21.3. The molecule has 0 spiro atoms. The van der Waals surface area contributed by atoms with Crippen molar-refractivity contribution in [2.75, 3.05) is 6.54 Å². The molecule has 0 radical (unpaired) electrons. The van der Waals surface area contributed by atoms with Crippen LogP contribution in [0, 0.1) is 0 Å². The Bertz CT molecular complexity index is 299. The maximum atomic E-state index is 3.59. The third-order valence-corrected chi connectivity index (χ3v) is 4.48. The smallest absolute Gasteiger partial charge is 0.0289 e. The molecule has 15 heavy (non-hydrogen) atoms. The lowest BCUT2D eigenvalue weighted by Crippen LogP contribution is -2.37. The molecule has 1 heterocycles. The second-order valence-electron chi connectivity index (χ2n) is 4.04. The number of nitrogens with one attached hydrogen (secondary N) is 1. The lowest BCUT2D eigenvalue weighted by Gasteiger charge is -2.21. The van der Waals surface area contributed by atoms with E-state index < -0.39 is 0 Å². The summed E-state index contributed by atoms with van der Waals surface area (Å²) in [6, 6.07) is 9.46. The molecular formula is C13H19NS.